The maximum atomic E-state index is 11.9. The van der Waals surface area contributed by atoms with Crippen molar-refractivity contribution in [1.82, 2.24) is 4.90 Å². The van der Waals surface area contributed by atoms with Crippen LogP contribution in [-0.4, -0.2) is 40.6 Å². The number of hydrogen-bond acceptors (Lipinski definition) is 4. The normalized spacial score (nSPS) is 26.2. The molecule has 0 spiro atoms. The standard InChI is InChI=1S/C14H17NO4/c1-14(18)7-8-15(12(14)9-16)13(17)19-10-11-5-3-2-4-6-11/h2-6,9,12,18H,7-8,10H2,1H3/t12-,14-/m1/s1. The van der Waals surface area contributed by atoms with Crippen LogP contribution in [0.4, 0.5) is 4.79 Å². The Morgan fingerprint density at radius 3 is 2.84 bits per heavy atom. The number of hydrogen-bond donors (Lipinski definition) is 1. The molecule has 102 valence electrons. The molecule has 5 nitrogen and oxygen atoms in total. The first kappa shape index (κ1) is 13.5. The highest BCUT2D eigenvalue weighted by Gasteiger charge is 2.45. The quantitative estimate of drug-likeness (QED) is 0.836. The van der Waals surface area contributed by atoms with Gasteiger partial charge in [0.1, 0.15) is 18.9 Å². The molecule has 0 unspecified atom stereocenters. The van der Waals surface area contributed by atoms with Gasteiger partial charge in [-0.05, 0) is 18.9 Å². The second-order valence-corrected chi connectivity index (χ2v) is 4.92. The van der Waals surface area contributed by atoms with Crippen LogP contribution in [0.2, 0.25) is 0 Å². The van der Waals surface area contributed by atoms with E-state index in [9.17, 15) is 14.7 Å². The molecule has 0 radical (unpaired) electrons. The lowest BCUT2D eigenvalue weighted by Crippen LogP contribution is -2.46. The Bertz CT molecular complexity index is 458. The van der Waals surface area contributed by atoms with E-state index in [0.29, 0.717) is 19.3 Å². The molecule has 0 saturated carbocycles. The van der Waals surface area contributed by atoms with E-state index >= 15 is 0 Å². The maximum Gasteiger partial charge on any atom is 0.410 e. The molecule has 2 atom stereocenters. The number of aldehydes is 1. The van der Waals surface area contributed by atoms with Gasteiger partial charge < -0.3 is 14.6 Å². The molecule has 1 aliphatic heterocycles. The van der Waals surface area contributed by atoms with Crippen LogP contribution in [-0.2, 0) is 16.1 Å². The summed E-state index contributed by atoms with van der Waals surface area (Å²) in [5, 5.41) is 9.98. The highest BCUT2D eigenvalue weighted by atomic mass is 16.6. The molecular formula is C14H17NO4. The first-order valence-corrected chi connectivity index (χ1v) is 6.19. The number of carbonyl (C=O) groups excluding carboxylic acids is 2. The molecule has 1 aliphatic rings. The molecule has 1 fully saturated rings. The van der Waals surface area contributed by atoms with Crippen molar-refractivity contribution < 1.29 is 19.4 Å². The van der Waals surface area contributed by atoms with Crippen molar-refractivity contribution in [3.05, 3.63) is 35.9 Å². The molecule has 1 aromatic rings. The average Bonchev–Trinajstić information content (AvgIpc) is 2.72. The summed E-state index contributed by atoms with van der Waals surface area (Å²) in [6.07, 6.45) is 0.395. The van der Waals surface area contributed by atoms with Gasteiger partial charge in [0.2, 0.25) is 0 Å². The van der Waals surface area contributed by atoms with Gasteiger partial charge in [0.15, 0.2) is 0 Å². The number of carbonyl (C=O) groups is 2. The fraction of sp³-hybridized carbons (Fsp3) is 0.429. The molecule has 1 aromatic carbocycles. The van der Waals surface area contributed by atoms with E-state index in [2.05, 4.69) is 0 Å². The minimum Gasteiger partial charge on any atom is -0.445 e. The molecule has 1 amide bonds. The van der Waals surface area contributed by atoms with Gasteiger partial charge in [-0.25, -0.2) is 4.79 Å². The van der Waals surface area contributed by atoms with Gasteiger partial charge in [0, 0.05) is 6.54 Å². The minimum absolute atomic E-state index is 0.157. The molecule has 19 heavy (non-hydrogen) atoms. The van der Waals surface area contributed by atoms with Gasteiger partial charge in [-0.1, -0.05) is 30.3 Å². The Balaban J connectivity index is 1.95. The van der Waals surface area contributed by atoms with Crippen LogP contribution >= 0.6 is 0 Å². The highest BCUT2D eigenvalue weighted by Crippen LogP contribution is 2.27. The van der Waals surface area contributed by atoms with E-state index in [1.54, 1.807) is 6.92 Å². The number of benzene rings is 1. The fourth-order valence-electron chi connectivity index (χ4n) is 2.20. The summed E-state index contributed by atoms with van der Waals surface area (Å²) in [7, 11) is 0. The Kier molecular flexibility index (Phi) is 3.85. The zero-order valence-corrected chi connectivity index (χ0v) is 10.8. The van der Waals surface area contributed by atoms with Crippen LogP contribution in [0.3, 0.4) is 0 Å². The summed E-state index contributed by atoms with van der Waals surface area (Å²) >= 11 is 0. The van der Waals surface area contributed by atoms with E-state index in [1.807, 2.05) is 30.3 Å². The zero-order valence-electron chi connectivity index (χ0n) is 10.8. The number of ether oxygens (including phenoxy) is 1. The van der Waals surface area contributed by atoms with E-state index in [0.717, 1.165) is 5.56 Å². The van der Waals surface area contributed by atoms with E-state index in [-0.39, 0.29) is 6.61 Å². The molecule has 5 heteroatoms. The van der Waals surface area contributed by atoms with Crippen LogP contribution in [0.5, 0.6) is 0 Å². The fourth-order valence-corrected chi connectivity index (χ4v) is 2.20. The van der Waals surface area contributed by atoms with Crippen molar-refractivity contribution in [3.63, 3.8) is 0 Å². The topological polar surface area (TPSA) is 66.8 Å². The van der Waals surface area contributed by atoms with Crippen molar-refractivity contribution in [3.8, 4) is 0 Å². The van der Waals surface area contributed by atoms with Crippen LogP contribution in [0.15, 0.2) is 30.3 Å². The maximum absolute atomic E-state index is 11.9. The molecule has 2 rings (SSSR count). The van der Waals surface area contributed by atoms with Gasteiger partial charge >= 0.3 is 6.09 Å². The van der Waals surface area contributed by atoms with Crippen molar-refractivity contribution in [2.45, 2.75) is 31.6 Å². The van der Waals surface area contributed by atoms with Gasteiger partial charge in [-0.15, -0.1) is 0 Å². The van der Waals surface area contributed by atoms with Gasteiger partial charge in [-0.2, -0.15) is 0 Å². The van der Waals surface area contributed by atoms with Crippen LogP contribution in [0.1, 0.15) is 18.9 Å². The van der Waals surface area contributed by atoms with E-state index in [1.165, 1.54) is 4.90 Å². The number of amides is 1. The second kappa shape index (κ2) is 5.40. The van der Waals surface area contributed by atoms with Gasteiger partial charge in [-0.3, -0.25) is 4.90 Å². The van der Waals surface area contributed by atoms with Crippen LogP contribution < -0.4 is 0 Å². The molecule has 0 aromatic heterocycles. The number of rotatable bonds is 3. The third-order valence-electron chi connectivity index (χ3n) is 3.40. The number of likely N-dealkylation sites (tertiary alicyclic amines) is 1. The molecule has 0 aliphatic carbocycles. The minimum atomic E-state index is -1.17. The first-order valence-electron chi connectivity index (χ1n) is 6.19. The molecule has 0 bridgehead atoms. The molecular weight excluding hydrogens is 246 g/mol. The molecule has 1 heterocycles. The third kappa shape index (κ3) is 2.93. The first-order chi connectivity index (χ1) is 9.04. The SMILES string of the molecule is C[C@@]1(O)CCN(C(=O)OCc2ccccc2)[C@@H]1C=O. The summed E-state index contributed by atoms with van der Waals surface area (Å²) in [4.78, 5) is 24.2. The largest absolute Gasteiger partial charge is 0.445 e. The predicted molar refractivity (Wildman–Crippen MR) is 68.4 cm³/mol. The van der Waals surface area contributed by atoms with Crippen LogP contribution in [0, 0.1) is 0 Å². The second-order valence-electron chi connectivity index (χ2n) is 4.92. The summed E-state index contributed by atoms with van der Waals surface area (Å²) in [6.45, 7) is 2.03. The molecule has 1 saturated heterocycles. The summed E-state index contributed by atoms with van der Waals surface area (Å²) in [6, 6.07) is 8.47. The summed E-state index contributed by atoms with van der Waals surface area (Å²) < 4.78 is 5.15. The average molecular weight is 263 g/mol. The zero-order chi connectivity index (χ0) is 13.9. The van der Waals surface area contributed by atoms with Crippen molar-refractivity contribution >= 4 is 12.4 Å². The van der Waals surface area contributed by atoms with Gasteiger partial charge in [0.25, 0.3) is 0 Å². The summed E-state index contributed by atoms with van der Waals surface area (Å²) in [5.41, 5.74) is -0.294. The third-order valence-corrected chi connectivity index (χ3v) is 3.40. The Morgan fingerprint density at radius 1 is 1.53 bits per heavy atom. The smallest absolute Gasteiger partial charge is 0.410 e. The highest BCUT2D eigenvalue weighted by molar-refractivity contribution is 5.75. The number of nitrogens with zero attached hydrogens (tertiary/aromatic N) is 1. The monoisotopic (exact) mass is 263 g/mol. The van der Waals surface area contributed by atoms with Crippen molar-refractivity contribution in [1.29, 1.82) is 0 Å². The predicted octanol–water partition coefficient (Wildman–Crippen LogP) is 1.35. The lowest BCUT2D eigenvalue weighted by molar-refractivity contribution is -0.116. The lowest BCUT2D eigenvalue weighted by atomic mass is 9.99. The van der Waals surface area contributed by atoms with E-state index < -0.39 is 17.7 Å². The summed E-state index contributed by atoms with van der Waals surface area (Å²) in [5.74, 6) is 0. The lowest BCUT2D eigenvalue weighted by Gasteiger charge is -2.26. The van der Waals surface area contributed by atoms with Gasteiger partial charge in [0.05, 0.1) is 5.60 Å². The Labute approximate surface area is 111 Å². The number of aliphatic hydroxyl groups is 1. The van der Waals surface area contributed by atoms with E-state index in [4.69, 9.17) is 4.74 Å². The van der Waals surface area contributed by atoms with Crippen LogP contribution in [0.25, 0.3) is 0 Å². The van der Waals surface area contributed by atoms with Crippen molar-refractivity contribution in [2.75, 3.05) is 6.54 Å². The Hall–Kier alpha value is -1.88. The van der Waals surface area contributed by atoms with Crippen molar-refractivity contribution in [2.24, 2.45) is 0 Å². The molecule has 1 N–H and O–H groups in total. The Morgan fingerprint density at radius 2 is 2.21 bits per heavy atom.